The molecule has 2 heterocycles. The number of imidazole rings is 1. The van der Waals surface area contributed by atoms with Crippen LogP contribution in [0.15, 0.2) is 18.3 Å². The number of nitrogens with two attached hydrogens (primary N) is 1. The third-order valence-electron chi connectivity index (χ3n) is 3.01. The third kappa shape index (κ3) is 1.56. The van der Waals surface area contributed by atoms with Crippen LogP contribution in [-0.2, 0) is 12.8 Å². The normalized spacial score (nSPS) is 14.8. The zero-order valence-corrected chi connectivity index (χ0v) is 9.03. The molecular weight excluding hydrogens is 200 g/mol. The second-order valence-corrected chi connectivity index (χ2v) is 4.19. The molecule has 1 aliphatic carbocycles. The van der Waals surface area contributed by atoms with E-state index >= 15 is 0 Å². The van der Waals surface area contributed by atoms with E-state index in [-0.39, 0.29) is 0 Å². The van der Waals surface area contributed by atoms with Gasteiger partial charge in [-0.15, -0.1) is 0 Å². The van der Waals surface area contributed by atoms with Crippen molar-refractivity contribution < 1.29 is 0 Å². The second-order valence-electron chi connectivity index (χ2n) is 4.19. The molecule has 0 saturated heterocycles. The summed E-state index contributed by atoms with van der Waals surface area (Å²) in [7, 11) is 0. The molecule has 0 amide bonds. The number of nitrogens with zero attached hydrogens (tertiary/aromatic N) is 2. The van der Waals surface area contributed by atoms with Crippen molar-refractivity contribution in [1.82, 2.24) is 15.0 Å². The van der Waals surface area contributed by atoms with Crippen molar-refractivity contribution in [3.8, 4) is 11.4 Å². The Morgan fingerprint density at radius 3 is 2.81 bits per heavy atom. The molecule has 4 heteroatoms. The van der Waals surface area contributed by atoms with Gasteiger partial charge in [0, 0.05) is 17.5 Å². The topological polar surface area (TPSA) is 67.6 Å². The molecule has 2 aromatic heterocycles. The van der Waals surface area contributed by atoms with Gasteiger partial charge in [-0.2, -0.15) is 0 Å². The van der Waals surface area contributed by atoms with Gasteiger partial charge in [0.15, 0.2) is 0 Å². The second kappa shape index (κ2) is 3.63. The summed E-state index contributed by atoms with van der Waals surface area (Å²) in [5.41, 5.74) is 9.07. The highest BCUT2D eigenvalue weighted by Gasteiger charge is 2.14. The molecule has 1 aliphatic rings. The lowest BCUT2D eigenvalue weighted by molar-refractivity contribution is 0.667. The van der Waals surface area contributed by atoms with Crippen molar-refractivity contribution in [2.75, 3.05) is 5.73 Å². The molecule has 0 unspecified atom stereocenters. The van der Waals surface area contributed by atoms with Crippen molar-refractivity contribution in [1.29, 1.82) is 0 Å². The molecule has 3 N–H and O–H groups in total. The molecule has 3 rings (SSSR count). The number of H-pyrrole nitrogens is 1. The molecule has 0 fully saturated rings. The van der Waals surface area contributed by atoms with Gasteiger partial charge in [-0.25, -0.2) is 9.97 Å². The minimum absolute atomic E-state index is 0.542. The number of aromatic amines is 1. The van der Waals surface area contributed by atoms with Gasteiger partial charge in [-0.1, -0.05) is 0 Å². The van der Waals surface area contributed by atoms with Gasteiger partial charge < -0.3 is 10.7 Å². The maximum atomic E-state index is 5.56. The summed E-state index contributed by atoms with van der Waals surface area (Å²) in [5.74, 6) is 1.46. The Balaban J connectivity index is 2.00. The summed E-state index contributed by atoms with van der Waals surface area (Å²) in [5, 5.41) is 0. The van der Waals surface area contributed by atoms with Crippen LogP contribution in [0.1, 0.15) is 24.2 Å². The molecule has 0 saturated carbocycles. The summed E-state index contributed by atoms with van der Waals surface area (Å²) >= 11 is 0. The molecule has 16 heavy (non-hydrogen) atoms. The zero-order chi connectivity index (χ0) is 11.0. The Labute approximate surface area is 93.9 Å². The fourth-order valence-electron chi connectivity index (χ4n) is 2.14. The van der Waals surface area contributed by atoms with Crippen LogP contribution in [-0.4, -0.2) is 15.0 Å². The largest absolute Gasteiger partial charge is 0.384 e. The lowest BCUT2D eigenvalue weighted by Gasteiger charge is -2.07. The highest BCUT2D eigenvalue weighted by atomic mass is 14.9. The smallest absolute Gasteiger partial charge is 0.139 e. The average Bonchev–Trinajstić information content (AvgIpc) is 2.73. The first kappa shape index (κ1) is 9.39. The van der Waals surface area contributed by atoms with E-state index in [1.807, 2.05) is 6.07 Å². The van der Waals surface area contributed by atoms with Crippen LogP contribution in [0.25, 0.3) is 11.4 Å². The quantitative estimate of drug-likeness (QED) is 0.762. The van der Waals surface area contributed by atoms with E-state index in [0.717, 1.165) is 24.2 Å². The maximum Gasteiger partial charge on any atom is 0.139 e. The Hall–Kier alpha value is -1.84. The molecule has 0 aromatic carbocycles. The number of nitrogen functional groups attached to an aromatic ring is 1. The summed E-state index contributed by atoms with van der Waals surface area (Å²) in [6, 6.07) is 3.75. The van der Waals surface area contributed by atoms with Crippen molar-refractivity contribution in [2.45, 2.75) is 25.7 Å². The molecule has 0 bridgehead atoms. The first-order chi connectivity index (χ1) is 7.83. The highest BCUT2D eigenvalue weighted by molar-refractivity contribution is 5.56. The monoisotopic (exact) mass is 214 g/mol. The molecule has 4 nitrogen and oxygen atoms in total. The molecular formula is C12H14N4. The third-order valence-corrected chi connectivity index (χ3v) is 3.01. The Morgan fingerprint density at radius 1 is 1.19 bits per heavy atom. The van der Waals surface area contributed by atoms with E-state index in [9.17, 15) is 0 Å². The van der Waals surface area contributed by atoms with Gasteiger partial charge in [-0.3, -0.25) is 0 Å². The van der Waals surface area contributed by atoms with Crippen molar-refractivity contribution in [3.05, 3.63) is 29.7 Å². The van der Waals surface area contributed by atoms with Crippen molar-refractivity contribution in [2.24, 2.45) is 0 Å². The standard InChI is InChI=1S/C12H14N4/c13-11-6-5-8(7-14-11)12-15-9-3-1-2-4-10(9)16-12/h5-7H,1-4H2,(H2,13,14)(H,15,16). The van der Waals surface area contributed by atoms with Crippen LogP contribution >= 0.6 is 0 Å². The van der Waals surface area contributed by atoms with Gasteiger partial charge in [0.1, 0.15) is 11.6 Å². The molecule has 0 atom stereocenters. The molecule has 0 spiro atoms. The van der Waals surface area contributed by atoms with Crippen LogP contribution in [0, 0.1) is 0 Å². The number of nitrogens with one attached hydrogen (secondary N) is 1. The molecule has 0 radical (unpaired) electrons. The number of hydrogen-bond donors (Lipinski definition) is 2. The Bertz CT molecular complexity index is 475. The predicted molar refractivity (Wildman–Crippen MR) is 62.9 cm³/mol. The lowest BCUT2D eigenvalue weighted by Crippen LogP contribution is -2.00. The Morgan fingerprint density at radius 2 is 2.06 bits per heavy atom. The van der Waals surface area contributed by atoms with Crippen LogP contribution < -0.4 is 5.73 Å². The average molecular weight is 214 g/mol. The fourth-order valence-corrected chi connectivity index (χ4v) is 2.14. The Kier molecular flexibility index (Phi) is 2.13. The first-order valence-corrected chi connectivity index (χ1v) is 5.62. The fraction of sp³-hybridized carbons (Fsp3) is 0.333. The molecule has 2 aromatic rings. The summed E-state index contributed by atoms with van der Waals surface area (Å²) in [6.07, 6.45) is 6.48. The predicted octanol–water partition coefficient (Wildman–Crippen LogP) is 1.93. The number of fused-ring (bicyclic) bond motifs is 1. The highest BCUT2D eigenvalue weighted by Crippen LogP contribution is 2.23. The maximum absolute atomic E-state index is 5.56. The van der Waals surface area contributed by atoms with E-state index < -0.39 is 0 Å². The van der Waals surface area contributed by atoms with E-state index in [4.69, 9.17) is 5.73 Å². The van der Waals surface area contributed by atoms with Crippen LogP contribution in [0.3, 0.4) is 0 Å². The number of anilines is 1. The summed E-state index contributed by atoms with van der Waals surface area (Å²) in [4.78, 5) is 12.1. The summed E-state index contributed by atoms with van der Waals surface area (Å²) < 4.78 is 0. The van der Waals surface area contributed by atoms with E-state index in [1.54, 1.807) is 12.3 Å². The number of pyridine rings is 1. The number of aryl methyl sites for hydroxylation is 2. The van der Waals surface area contributed by atoms with E-state index in [0.29, 0.717) is 5.82 Å². The first-order valence-electron chi connectivity index (χ1n) is 5.62. The van der Waals surface area contributed by atoms with E-state index in [2.05, 4.69) is 15.0 Å². The van der Waals surface area contributed by atoms with Gasteiger partial charge in [0.25, 0.3) is 0 Å². The molecule has 0 aliphatic heterocycles. The minimum Gasteiger partial charge on any atom is -0.384 e. The number of hydrogen-bond acceptors (Lipinski definition) is 3. The van der Waals surface area contributed by atoms with Gasteiger partial charge in [0.2, 0.25) is 0 Å². The van der Waals surface area contributed by atoms with Crippen LogP contribution in [0.4, 0.5) is 5.82 Å². The van der Waals surface area contributed by atoms with Gasteiger partial charge >= 0.3 is 0 Å². The van der Waals surface area contributed by atoms with Crippen molar-refractivity contribution >= 4 is 5.82 Å². The summed E-state index contributed by atoms with van der Waals surface area (Å²) in [6.45, 7) is 0. The lowest BCUT2D eigenvalue weighted by atomic mass is 10.0. The minimum atomic E-state index is 0.542. The number of aromatic nitrogens is 3. The van der Waals surface area contributed by atoms with Crippen LogP contribution in [0.5, 0.6) is 0 Å². The zero-order valence-electron chi connectivity index (χ0n) is 9.03. The van der Waals surface area contributed by atoms with Crippen molar-refractivity contribution in [3.63, 3.8) is 0 Å². The van der Waals surface area contributed by atoms with Gasteiger partial charge in [0.05, 0.1) is 5.69 Å². The van der Waals surface area contributed by atoms with E-state index in [1.165, 1.54) is 24.2 Å². The number of rotatable bonds is 1. The van der Waals surface area contributed by atoms with Crippen LogP contribution in [0.2, 0.25) is 0 Å². The van der Waals surface area contributed by atoms with Gasteiger partial charge in [-0.05, 0) is 37.8 Å². The SMILES string of the molecule is Nc1ccc(-c2nc3c([nH]2)CCCC3)cn1. The molecule has 82 valence electrons.